The number of nitrogens with one attached hydrogen (secondary N) is 1. The van der Waals surface area contributed by atoms with E-state index in [9.17, 15) is 0 Å². The molecule has 1 aliphatic heterocycles. The Labute approximate surface area is 125 Å². The molecule has 0 amide bonds. The first kappa shape index (κ1) is 12.9. The molecule has 21 heavy (non-hydrogen) atoms. The third-order valence-electron chi connectivity index (χ3n) is 4.66. The van der Waals surface area contributed by atoms with Crippen LogP contribution in [0.2, 0.25) is 0 Å². The summed E-state index contributed by atoms with van der Waals surface area (Å²) < 4.78 is 2.04. The molecule has 0 radical (unpaired) electrons. The molecule has 2 heterocycles. The largest absolute Gasteiger partial charge is 0.381 e. The minimum Gasteiger partial charge on any atom is -0.381 e. The highest BCUT2D eigenvalue weighted by Gasteiger charge is 2.38. The predicted molar refractivity (Wildman–Crippen MR) is 84.8 cm³/mol. The van der Waals surface area contributed by atoms with Gasteiger partial charge in [-0.25, -0.2) is 4.98 Å². The summed E-state index contributed by atoms with van der Waals surface area (Å²) >= 11 is 0. The van der Waals surface area contributed by atoms with E-state index in [0.717, 1.165) is 11.7 Å². The van der Waals surface area contributed by atoms with Crippen molar-refractivity contribution >= 4 is 5.69 Å². The quantitative estimate of drug-likeness (QED) is 0.936. The molecule has 0 bridgehead atoms. The number of likely N-dealkylation sites (tertiary alicyclic amines) is 1. The van der Waals surface area contributed by atoms with Crippen molar-refractivity contribution in [3.63, 3.8) is 0 Å². The lowest BCUT2D eigenvalue weighted by Gasteiger charge is -2.20. The molecule has 2 atom stereocenters. The molecular formula is C17H22N4. The van der Waals surface area contributed by atoms with Crippen LogP contribution in [0.15, 0.2) is 43.0 Å². The van der Waals surface area contributed by atoms with Gasteiger partial charge in [0.1, 0.15) is 0 Å². The van der Waals surface area contributed by atoms with E-state index in [0.29, 0.717) is 12.1 Å². The third-order valence-corrected chi connectivity index (χ3v) is 4.66. The smallest absolute Gasteiger partial charge is 0.0991 e. The van der Waals surface area contributed by atoms with Crippen LogP contribution in [-0.4, -0.2) is 39.1 Å². The van der Waals surface area contributed by atoms with Gasteiger partial charge in [-0.2, -0.15) is 0 Å². The molecule has 4 nitrogen and oxygen atoms in total. The summed E-state index contributed by atoms with van der Waals surface area (Å²) in [7, 11) is 0. The van der Waals surface area contributed by atoms with Gasteiger partial charge in [-0.15, -0.1) is 0 Å². The highest BCUT2D eigenvalue weighted by molar-refractivity contribution is 5.52. The van der Waals surface area contributed by atoms with Crippen molar-refractivity contribution in [2.45, 2.75) is 44.3 Å². The molecule has 1 N–H and O–H groups in total. The molecule has 110 valence electrons. The summed E-state index contributed by atoms with van der Waals surface area (Å²) in [5.41, 5.74) is 2.36. The van der Waals surface area contributed by atoms with Gasteiger partial charge in [-0.3, -0.25) is 4.90 Å². The molecule has 4 rings (SSSR count). The van der Waals surface area contributed by atoms with Crippen LogP contribution in [0.1, 0.15) is 26.2 Å². The van der Waals surface area contributed by atoms with E-state index in [1.165, 1.54) is 31.5 Å². The van der Waals surface area contributed by atoms with Crippen molar-refractivity contribution in [2.75, 3.05) is 11.9 Å². The maximum Gasteiger partial charge on any atom is 0.0991 e. The average Bonchev–Trinajstić information content (AvgIpc) is 3.04. The molecule has 4 heteroatoms. The Bertz CT molecular complexity index is 603. The lowest BCUT2D eigenvalue weighted by molar-refractivity contribution is 0.257. The van der Waals surface area contributed by atoms with Gasteiger partial charge in [0.05, 0.1) is 6.33 Å². The molecule has 1 aromatic carbocycles. The van der Waals surface area contributed by atoms with Crippen molar-refractivity contribution in [2.24, 2.45) is 0 Å². The normalized spacial score (nSPS) is 26.1. The second-order valence-electron chi connectivity index (χ2n) is 6.37. The Hall–Kier alpha value is -1.81. The number of imidazole rings is 1. The van der Waals surface area contributed by atoms with Crippen molar-refractivity contribution in [3.05, 3.63) is 43.0 Å². The Morgan fingerprint density at radius 1 is 1.29 bits per heavy atom. The minimum absolute atomic E-state index is 0.568. The Kier molecular flexibility index (Phi) is 3.19. The molecule has 2 unspecified atom stereocenters. The van der Waals surface area contributed by atoms with Gasteiger partial charge in [0.25, 0.3) is 0 Å². The summed E-state index contributed by atoms with van der Waals surface area (Å²) in [6.07, 6.45) is 9.66. The predicted octanol–water partition coefficient (Wildman–Crippen LogP) is 2.91. The summed E-state index contributed by atoms with van der Waals surface area (Å²) in [5, 5.41) is 3.71. The SMILES string of the molecule is CC1CC(Nc2cccc(-n3ccnc3)c2)CN1C1CC1. The summed E-state index contributed by atoms with van der Waals surface area (Å²) in [4.78, 5) is 6.79. The zero-order chi connectivity index (χ0) is 14.2. The zero-order valence-electron chi connectivity index (χ0n) is 12.4. The van der Waals surface area contributed by atoms with Crippen LogP contribution >= 0.6 is 0 Å². The van der Waals surface area contributed by atoms with Crippen molar-refractivity contribution < 1.29 is 0 Å². The minimum atomic E-state index is 0.568. The number of hydrogen-bond acceptors (Lipinski definition) is 3. The average molecular weight is 282 g/mol. The van der Waals surface area contributed by atoms with E-state index < -0.39 is 0 Å². The first-order valence-corrected chi connectivity index (χ1v) is 7.90. The maximum atomic E-state index is 4.11. The van der Waals surface area contributed by atoms with Gasteiger partial charge in [0.15, 0.2) is 0 Å². The monoisotopic (exact) mass is 282 g/mol. The summed E-state index contributed by atoms with van der Waals surface area (Å²) in [5.74, 6) is 0. The van der Waals surface area contributed by atoms with Crippen LogP contribution in [0, 0.1) is 0 Å². The second kappa shape index (κ2) is 5.19. The number of nitrogens with zero attached hydrogens (tertiary/aromatic N) is 3. The topological polar surface area (TPSA) is 33.1 Å². The zero-order valence-corrected chi connectivity index (χ0v) is 12.4. The number of hydrogen-bond donors (Lipinski definition) is 1. The van der Waals surface area contributed by atoms with Crippen LogP contribution < -0.4 is 5.32 Å². The van der Waals surface area contributed by atoms with E-state index in [4.69, 9.17) is 0 Å². The van der Waals surface area contributed by atoms with Gasteiger partial charge in [-0.05, 0) is 44.4 Å². The first-order chi connectivity index (χ1) is 10.3. The van der Waals surface area contributed by atoms with Crippen molar-refractivity contribution in [3.8, 4) is 5.69 Å². The summed E-state index contributed by atoms with van der Waals surface area (Å²) in [6, 6.07) is 10.7. The lowest BCUT2D eigenvalue weighted by atomic mass is 10.2. The Morgan fingerprint density at radius 3 is 2.95 bits per heavy atom. The molecule has 1 aliphatic carbocycles. The van der Waals surface area contributed by atoms with Crippen LogP contribution in [0.3, 0.4) is 0 Å². The number of benzene rings is 1. The van der Waals surface area contributed by atoms with Gasteiger partial charge in [-0.1, -0.05) is 6.07 Å². The van der Waals surface area contributed by atoms with Crippen LogP contribution in [0.5, 0.6) is 0 Å². The van der Waals surface area contributed by atoms with E-state index in [2.05, 4.69) is 46.4 Å². The fourth-order valence-electron chi connectivity index (χ4n) is 3.48. The summed E-state index contributed by atoms with van der Waals surface area (Å²) in [6.45, 7) is 3.54. The van der Waals surface area contributed by atoms with Gasteiger partial charge in [0, 0.05) is 48.4 Å². The maximum absolute atomic E-state index is 4.11. The van der Waals surface area contributed by atoms with Gasteiger partial charge in [0.2, 0.25) is 0 Å². The highest BCUT2D eigenvalue weighted by Crippen LogP contribution is 2.34. The molecule has 1 saturated carbocycles. The van der Waals surface area contributed by atoms with E-state index in [1.54, 1.807) is 0 Å². The molecule has 1 aromatic heterocycles. The first-order valence-electron chi connectivity index (χ1n) is 7.90. The number of aromatic nitrogens is 2. The highest BCUT2D eigenvalue weighted by atomic mass is 15.3. The van der Waals surface area contributed by atoms with Crippen molar-refractivity contribution in [1.82, 2.24) is 14.5 Å². The van der Waals surface area contributed by atoms with Crippen LogP contribution in [0.25, 0.3) is 5.69 Å². The molecule has 2 aliphatic rings. The lowest BCUT2D eigenvalue weighted by Crippen LogP contribution is -2.31. The molecule has 2 fully saturated rings. The van der Waals surface area contributed by atoms with Crippen LogP contribution in [0.4, 0.5) is 5.69 Å². The van der Waals surface area contributed by atoms with E-state index in [-0.39, 0.29) is 0 Å². The van der Waals surface area contributed by atoms with E-state index >= 15 is 0 Å². The Morgan fingerprint density at radius 2 is 2.19 bits per heavy atom. The molecule has 1 saturated heterocycles. The van der Waals surface area contributed by atoms with E-state index in [1.807, 2.05) is 23.3 Å². The second-order valence-corrected chi connectivity index (χ2v) is 6.37. The molecule has 2 aromatic rings. The van der Waals surface area contributed by atoms with Gasteiger partial charge >= 0.3 is 0 Å². The van der Waals surface area contributed by atoms with Gasteiger partial charge < -0.3 is 9.88 Å². The number of anilines is 1. The van der Waals surface area contributed by atoms with Crippen LogP contribution in [-0.2, 0) is 0 Å². The molecule has 0 spiro atoms. The fourth-order valence-corrected chi connectivity index (χ4v) is 3.48. The Balaban J connectivity index is 1.46. The standard InChI is InChI=1S/C17H22N4/c1-13-9-15(11-21(13)16-5-6-16)19-14-3-2-4-17(10-14)20-8-7-18-12-20/h2-4,7-8,10,12-13,15-16,19H,5-6,9,11H2,1H3. The number of rotatable bonds is 4. The third kappa shape index (κ3) is 2.68. The molecular weight excluding hydrogens is 260 g/mol. The fraction of sp³-hybridized carbons (Fsp3) is 0.471. The van der Waals surface area contributed by atoms with Crippen molar-refractivity contribution in [1.29, 1.82) is 0 Å².